The zero-order valence-corrected chi connectivity index (χ0v) is 10.9. The second-order valence-corrected chi connectivity index (χ2v) is 4.98. The average Bonchev–Trinajstić information content (AvgIpc) is 2.47. The van der Waals surface area contributed by atoms with E-state index in [-0.39, 0.29) is 5.54 Å². The normalized spacial score (nSPS) is 12.1. The van der Waals surface area contributed by atoms with Crippen LogP contribution in [0.5, 0.6) is 0 Å². The van der Waals surface area contributed by atoms with Crippen molar-refractivity contribution in [2.45, 2.75) is 51.4 Å². The molecule has 0 fully saturated rings. The number of hydrogen-bond acceptors (Lipinski definition) is 2. The summed E-state index contributed by atoms with van der Waals surface area (Å²) in [6, 6.07) is 0. The molecule has 0 aliphatic heterocycles. The molecule has 0 saturated carbocycles. The minimum Gasteiger partial charge on any atom is -0.309 e. The summed E-state index contributed by atoms with van der Waals surface area (Å²) in [7, 11) is 0. The van der Waals surface area contributed by atoms with Gasteiger partial charge in [0.15, 0.2) is 0 Å². The van der Waals surface area contributed by atoms with Crippen molar-refractivity contribution in [1.82, 2.24) is 14.8 Å². The Bertz CT molecular complexity index is 299. The van der Waals surface area contributed by atoms with Crippen LogP contribution in [0.25, 0.3) is 0 Å². The summed E-state index contributed by atoms with van der Waals surface area (Å²) in [4.78, 5) is 0. The molecule has 0 spiro atoms. The van der Waals surface area contributed by atoms with Crippen LogP contribution in [-0.2, 0) is 17.3 Å². The lowest BCUT2D eigenvalue weighted by molar-refractivity contribution is 0.372. The van der Waals surface area contributed by atoms with Gasteiger partial charge in [0.05, 0.1) is 5.33 Å². The van der Waals surface area contributed by atoms with Gasteiger partial charge < -0.3 is 4.57 Å². The second-order valence-electron chi connectivity index (χ2n) is 4.42. The molecule has 80 valence electrons. The first-order chi connectivity index (χ1) is 6.50. The van der Waals surface area contributed by atoms with Crippen molar-refractivity contribution in [3.8, 4) is 0 Å². The molecule has 1 aromatic heterocycles. The van der Waals surface area contributed by atoms with Gasteiger partial charge in [0.1, 0.15) is 11.6 Å². The van der Waals surface area contributed by atoms with Crippen molar-refractivity contribution in [2.75, 3.05) is 0 Å². The lowest BCUT2D eigenvalue weighted by Gasteiger charge is -2.24. The maximum atomic E-state index is 4.23. The van der Waals surface area contributed by atoms with Gasteiger partial charge in [-0.25, -0.2) is 0 Å². The highest BCUT2D eigenvalue weighted by molar-refractivity contribution is 9.08. The lowest BCUT2D eigenvalue weighted by Crippen LogP contribution is -2.26. The number of hydrogen-bond donors (Lipinski definition) is 0. The minimum atomic E-state index is 0.0666. The lowest BCUT2D eigenvalue weighted by atomic mass is 10.1. The van der Waals surface area contributed by atoms with E-state index in [4.69, 9.17) is 0 Å². The number of halogens is 1. The molecule has 0 aromatic carbocycles. The summed E-state index contributed by atoms with van der Waals surface area (Å²) >= 11 is 3.44. The van der Waals surface area contributed by atoms with E-state index in [0.717, 1.165) is 29.8 Å². The molecule has 0 amide bonds. The van der Waals surface area contributed by atoms with Gasteiger partial charge in [0.25, 0.3) is 0 Å². The molecule has 0 unspecified atom stereocenters. The van der Waals surface area contributed by atoms with E-state index in [1.807, 2.05) is 0 Å². The van der Waals surface area contributed by atoms with Gasteiger partial charge in [0, 0.05) is 12.0 Å². The predicted octanol–water partition coefficient (Wildman–Crippen LogP) is 2.88. The van der Waals surface area contributed by atoms with Crippen LogP contribution in [0.3, 0.4) is 0 Å². The van der Waals surface area contributed by atoms with Gasteiger partial charge in [0.2, 0.25) is 0 Å². The van der Waals surface area contributed by atoms with E-state index >= 15 is 0 Å². The molecular formula is C10H18BrN3. The first-order valence-electron chi connectivity index (χ1n) is 5.00. The molecule has 14 heavy (non-hydrogen) atoms. The molecule has 1 rings (SSSR count). The van der Waals surface area contributed by atoms with Crippen molar-refractivity contribution in [1.29, 1.82) is 0 Å². The van der Waals surface area contributed by atoms with Gasteiger partial charge in [-0.2, -0.15) is 0 Å². The molecule has 0 saturated heterocycles. The van der Waals surface area contributed by atoms with Crippen LogP contribution in [-0.4, -0.2) is 14.8 Å². The fourth-order valence-corrected chi connectivity index (χ4v) is 1.96. The van der Waals surface area contributed by atoms with Gasteiger partial charge in [-0.1, -0.05) is 22.9 Å². The van der Waals surface area contributed by atoms with E-state index in [2.05, 4.69) is 58.4 Å². The van der Waals surface area contributed by atoms with Crippen molar-refractivity contribution in [2.24, 2.45) is 0 Å². The SMILES string of the molecule is CCCc1nnc(CBr)n1C(C)(C)C. The molecule has 0 aliphatic rings. The molecule has 3 nitrogen and oxygen atoms in total. The Balaban J connectivity index is 3.13. The Kier molecular flexibility index (Phi) is 3.70. The monoisotopic (exact) mass is 259 g/mol. The van der Waals surface area contributed by atoms with Crippen LogP contribution in [0, 0.1) is 0 Å². The van der Waals surface area contributed by atoms with Crippen molar-refractivity contribution in [3.05, 3.63) is 11.6 Å². The topological polar surface area (TPSA) is 30.7 Å². The predicted molar refractivity (Wildman–Crippen MR) is 61.6 cm³/mol. The van der Waals surface area contributed by atoms with Crippen LogP contribution in [0.15, 0.2) is 0 Å². The van der Waals surface area contributed by atoms with Crippen LogP contribution in [0.2, 0.25) is 0 Å². The molecule has 0 radical (unpaired) electrons. The minimum absolute atomic E-state index is 0.0666. The molecule has 0 N–H and O–H groups in total. The Labute approximate surface area is 94.0 Å². The maximum absolute atomic E-state index is 4.23. The molecule has 0 aliphatic carbocycles. The third-order valence-corrected chi connectivity index (χ3v) is 2.56. The first-order valence-corrected chi connectivity index (χ1v) is 6.12. The zero-order chi connectivity index (χ0) is 10.8. The molecule has 0 atom stereocenters. The Morgan fingerprint density at radius 3 is 2.21 bits per heavy atom. The molecule has 1 heterocycles. The number of alkyl halides is 1. The van der Waals surface area contributed by atoms with E-state index in [9.17, 15) is 0 Å². The van der Waals surface area contributed by atoms with E-state index in [1.54, 1.807) is 0 Å². The van der Waals surface area contributed by atoms with Crippen molar-refractivity contribution < 1.29 is 0 Å². The summed E-state index contributed by atoms with van der Waals surface area (Å²) in [5, 5.41) is 9.18. The van der Waals surface area contributed by atoms with Gasteiger partial charge in [-0.3, -0.25) is 0 Å². The fraction of sp³-hybridized carbons (Fsp3) is 0.800. The highest BCUT2D eigenvalue weighted by atomic mass is 79.9. The molecule has 1 aromatic rings. The third kappa shape index (κ3) is 2.35. The fourth-order valence-electron chi connectivity index (χ4n) is 1.60. The van der Waals surface area contributed by atoms with Gasteiger partial charge in [-0.15, -0.1) is 10.2 Å². The van der Waals surface area contributed by atoms with Crippen LogP contribution in [0.4, 0.5) is 0 Å². The van der Waals surface area contributed by atoms with Crippen LogP contribution < -0.4 is 0 Å². The van der Waals surface area contributed by atoms with Crippen LogP contribution in [0.1, 0.15) is 45.8 Å². The summed E-state index contributed by atoms with van der Waals surface area (Å²) in [5.74, 6) is 2.11. The number of aromatic nitrogens is 3. The van der Waals surface area contributed by atoms with Gasteiger partial charge in [-0.05, 0) is 27.2 Å². The average molecular weight is 260 g/mol. The highest BCUT2D eigenvalue weighted by Gasteiger charge is 2.21. The van der Waals surface area contributed by atoms with E-state index in [0.29, 0.717) is 0 Å². The number of aryl methyl sites for hydroxylation is 1. The molecule has 4 heteroatoms. The largest absolute Gasteiger partial charge is 0.309 e. The summed E-state index contributed by atoms with van der Waals surface area (Å²) in [6.07, 6.45) is 2.10. The molecule has 0 bridgehead atoms. The zero-order valence-electron chi connectivity index (χ0n) is 9.34. The molecular weight excluding hydrogens is 242 g/mol. The number of rotatable bonds is 3. The standard InChI is InChI=1S/C10H18BrN3/c1-5-6-8-12-13-9(7-11)14(8)10(2,3)4/h5-7H2,1-4H3. The third-order valence-electron chi connectivity index (χ3n) is 2.06. The van der Waals surface area contributed by atoms with E-state index < -0.39 is 0 Å². The Hall–Kier alpha value is -0.380. The Morgan fingerprint density at radius 1 is 1.21 bits per heavy atom. The quantitative estimate of drug-likeness (QED) is 0.782. The summed E-state index contributed by atoms with van der Waals surface area (Å²) < 4.78 is 2.23. The maximum Gasteiger partial charge on any atom is 0.144 e. The van der Waals surface area contributed by atoms with Gasteiger partial charge >= 0.3 is 0 Å². The number of nitrogens with zero attached hydrogens (tertiary/aromatic N) is 3. The Morgan fingerprint density at radius 2 is 1.79 bits per heavy atom. The van der Waals surface area contributed by atoms with Crippen LogP contribution >= 0.6 is 15.9 Å². The summed E-state index contributed by atoms with van der Waals surface area (Å²) in [5.41, 5.74) is 0.0666. The smallest absolute Gasteiger partial charge is 0.144 e. The van der Waals surface area contributed by atoms with Crippen molar-refractivity contribution >= 4 is 15.9 Å². The van der Waals surface area contributed by atoms with Crippen molar-refractivity contribution in [3.63, 3.8) is 0 Å². The van der Waals surface area contributed by atoms with E-state index in [1.165, 1.54) is 0 Å². The second kappa shape index (κ2) is 4.43. The summed E-state index contributed by atoms with van der Waals surface area (Å²) in [6.45, 7) is 8.71. The highest BCUT2D eigenvalue weighted by Crippen LogP contribution is 2.20. The first kappa shape index (κ1) is 11.7.